The monoisotopic (exact) mass is 174 g/mol. The van der Waals surface area contributed by atoms with E-state index in [0.717, 1.165) is 25.2 Å². The maximum Gasteiger partial charge on any atom is 0.0543 e. The van der Waals surface area contributed by atoms with Crippen LogP contribution in [0.4, 0.5) is 0 Å². The van der Waals surface area contributed by atoms with E-state index in [4.69, 9.17) is 6.42 Å². The first kappa shape index (κ1) is 9.76. The molecule has 1 heterocycles. The lowest BCUT2D eigenvalue weighted by Crippen LogP contribution is -2.19. The van der Waals surface area contributed by atoms with Gasteiger partial charge in [-0.25, -0.2) is 0 Å². The zero-order chi connectivity index (χ0) is 9.52. The summed E-state index contributed by atoms with van der Waals surface area (Å²) in [6, 6.07) is 5.94. The highest BCUT2D eigenvalue weighted by Crippen LogP contribution is 1.98. The normalized spacial score (nSPS) is 9.92. The van der Waals surface area contributed by atoms with Gasteiger partial charge in [0.1, 0.15) is 0 Å². The maximum absolute atomic E-state index is 5.18. The number of rotatable bonds is 4. The third kappa shape index (κ3) is 3.73. The van der Waals surface area contributed by atoms with E-state index in [-0.39, 0.29) is 0 Å². The van der Waals surface area contributed by atoms with Crippen molar-refractivity contribution in [3.63, 3.8) is 0 Å². The molecule has 0 saturated heterocycles. The topological polar surface area (TPSA) is 16.1 Å². The average Bonchev–Trinajstić information content (AvgIpc) is 2.16. The van der Waals surface area contributed by atoms with Crippen molar-refractivity contribution >= 4 is 0 Å². The van der Waals surface area contributed by atoms with Crippen LogP contribution in [-0.4, -0.2) is 23.5 Å². The molecule has 0 amide bonds. The van der Waals surface area contributed by atoms with E-state index in [1.807, 2.05) is 31.4 Å². The highest BCUT2D eigenvalue weighted by molar-refractivity contribution is 5.03. The molecule has 2 nitrogen and oxygen atoms in total. The van der Waals surface area contributed by atoms with E-state index in [0.29, 0.717) is 0 Å². The molecule has 0 aliphatic rings. The molecule has 1 rings (SSSR count). The van der Waals surface area contributed by atoms with Gasteiger partial charge < -0.3 is 0 Å². The van der Waals surface area contributed by atoms with Crippen molar-refractivity contribution in [3.05, 3.63) is 30.1 Å². The van der Waals surface area contributed by atoms with Crippen LogP contribution in [0.25, 0.3) is 0 Å². The van der Waals surface area contributed by atoms with E-state index >= 15 is 0 Å². The molecule has 68 valence electrons. The van der Waals surface area contributed by atoms with Crippen LogP contribution >= 0.6 is 0 Å². The van der Waals surface area contributed by atoms with Gasteiger partial charge >= 0.3 is 0 Å². The smallest absolute Gasteiger partial charge is 0.0543 e. The molecule has 0 spiro atoms. The quantitative estimate of drug-likeness (QED) is 0.644. The molecule has 0 N–H and O–H groups in total. The van der Waals surface area contributed by atoms with E-state index in [1.165, 1.54) is 0 Å². The number of aromatic nitrogens is 1. The summed E-state index contributed by atoms with van der Waals surface area (Å²) in [7, 11) is 2.05. The summed E-state index contributed by atoms with van der Waals surface area (Å²) < 4.78 is 0. The second-order valence-electron chi connectivity index (χ2n) is 3.01. The van der Waals surface area contributed by atoms with Gasteiger partial charge in [0.15, 0.2) is 0 Å². The zero-order valence-electron chi connectivity index (χ0n) is 7.90. The van der Waals surface area contributed by atoms with Crippen LogP contribution in [0.5, 0.6) is 0 Å². The highest BCUT2D eigenvalue weighted by atomic mass is 15.1. The lowest BCUT2D eigenvalue weighted by atomic mass is 10.3. The van der Waals surface area contributed by atoms with E-state index in [2.05, 4.69) is 15.8 Å². The van der Waals surface area contributed by atoms with Crippen molar-refractivity contribution in [1.29, 1.82) is 0 Å². The van der Waals surface area contributed by atoms with E-state index in [1.54, 1.807) is 0 Å². The first-order chi connectivity index (χ1) is 6.33. The van der Waals surface area contributed by atoms with Gasteiger partial charge in [-0.2, -0.15) is 0 Å². The molecular formula is C11H14N2. The molecule has 0 saturated carbocycles. The summed E-state index contributed by atoms with van der Waals surface area (Å²) in [4.78, 5) is 6.40. The first-order valence-corrected chi connectivity index (χ1v) is 4.35. The average molecular weight is 174 g/mol. The predicted molar refractivity (Wildman–Crippen MR) is 54.0 cm³/mol. The standard InChI is InChI=1S/C11H14N2/c1-3-4-9-13(2)10-11-7-5-6-8-12-11/h1,5-8H,4,9-10H2,2H3. The number of pyridine rings is 1. The summed E-state index contributed by atoms with van der Waals surface area (Å²) in [6.07, 6.45) is 7.78. The molecule has 0 bridgehead atoms. The Bertz CT molecular complexity index is 274. The highest BCUT2D eigenvalue weighted by Gasteiger charge is 1.98. The van der Waals surface area contributed by atoms with Crippen molar-refractivity contribution < 1.29 is 0 Å². The molecule has 1 aromatic heterocycles. The van der Waals surface area contributed by atoms with Gasteiger partial charge in [-0.1, -0.05) is 6.07 Å². The molecule has 0 unspecified atom stereocenters. The van der Waals surface area contributed by atoms with E-state index < -0.39 is 0 Å². The third-order valence-corrected chi connectivity index (χ3v) is 1.80. The van der Waals surface area contributed by atoms with Crippen molar-refractivity contribution in [2.75, 3.05) is 13.6 Å². The Balaban J connectivity index is 2.37. The van der Waals surface area contributed by atoms with Crippen molar-refractivity contribution in [3.8, 4) is 12.3 Å². The minimum Gasteiger partial charge on any atom is -0.300 e. The maximum atomic E-state index is 5.18. The Kier molecular flexibility index (Phi) is 4.01. The number of hydrogen-bond donors (Lipinski definition) is 0. The second-order valence-corrected chi connectivity index (χ2v) is 3.01. The van der Waals surface area contributed by atoms with Crippen LogP contribution in [0.1, 0.15) is 12.1 Å². The molecule has 13 heavy (non-hydrogen) atoms. The minimum absolute atomic E-state index is 0.795. The van der Waals surface area contributed by atoms with Crippen LogP contribution in [-0.2, 0) is 6.54 Å². The largest absolute Gasteiger partial charge is 0.300 e. The number of terminal acetylenes is 1. The van der Waals surface area contributed by atoms with Crippen LogP contribution in [0.3, 0.4) is 0 Å². The van der Waals surface area contributed by atoms with Gasteiger partial charge in [0.25, 0.3) is 0 Å². The molecule has 0 radical (unpaired) electrons. The first-order valence-electron chi connectivity index (χ1n) is 4.35. The molecular weight excluding hydrogens is 160 g/mol. The molecule has 0 aliphatic carbocycles. The fourth-order valence-corrected chi connectivity index (χ4v) is 1.10. The fraction of sp³-hybridized carbons (Fsp3) is 0.364. The Labute approximate surface area is 79.6 Å². The Morgan fingerprint density at radius 1 is 1.54 bits per heavy atom. The summed E-state index contributed by atoms with van der Waals surface area (Å²) in [5.41, 5.74) is 1.09. The van der Waals surface area contributed by atoms with Gasteiger partial charge in [0.2, 0.25) is 0 Å². The van der Waals surface area contributed by atoms with Crippen LogP contribution in [0.15, 0.2) is 24.4 Å². The Morgan fingerprint density at radius 3 is 3.00 bits per heavy atom. The molecule has 2 heteroatoms. The van der Waals surface area contributed by atoms with Crippen LogP contribution < -0.4 is 0 Å². The second kappa shape index (κ2) is 5.34. The van der Waals surface area contributed by atoms with Crippen molar-refractivity contribution in [2.45, 2.75) is 13.0 Å². The lowest BCUT2D eigenvalue weighted by Gasteiger charge is -2.13. The molecule has 0 fully saturated rings. The van der Waals surface area contributed by atoms with Crippen LogP contribution in [0.2, 0.25) is 0 Å². The zero-order valence-corrected chi connectivity index (χ0v) is 7.90. The van der Waals surface area contributed by atoms with Gasteiger partial charge in [0.05, 0.1) is 5.69 Å². The van der Waals surface area contributed by atoms with Gasteiger partial charge in [0, 0.05) is 25.7 Å². The summed E-state index contributed by atoms with van der Waals surface area (Å²) in [5, 5.41) is 0. The Hall–Kier alpha value is -1.33. The molecule has 0 aliphatic heterocycles. The Morgan fingerprint density at radius 2 is 2.38 bits per heavy atom. The van der Waals surface area contributed by atoms with Gasteiger partial charge in [-0.05, 0) is 19.2 Å². The minimum atomic E-state index is 0.795. The fourth-order valence-electron chi connectivity index (χ4n) is 1.10. The number of hydrogen-bond acceptors (Lipinski definition) is 2. The molecule has 0 atom stereocenters. The van der Waals surface area contributed by atoms with E-state index in [9.17, 15) is 0 Å². The summed E-state index contributed by atoms with van der Waals surface area (Å²) in [5.74, 6) is 2.62. The van der Waals surface area contributed by atoms with Gasteiger partial charge in [-0.3, -0.25) is 9.88 Å². The molecule has 0 aromatic carbocycles. The SMILES string of the molecule is C#CCCN(C)Cc1ccccn1. The third-order valence-electron chi connectivity index (χ3n) is 1.80. The van der Waals surface area contributed by atoms with Crippen molar-refractivity contribution in [2.24, 2.45) is 0 Å². The predicted octanol–water partition coefficient (Wildman–Crippen LogP) is 1.54. The number of nitrogens with zero attached hydrogens (tertiary/aromatic N) is 2. The molecule has 1 aromatic rings. The van der Waals surface area contributed by atoms with Crippen LogP contribution in [0, 0.1) is 12.3 Å². The van der Waals surface area contributed by atoms with Gasteiger partial charge in [-0.15, -0.1) is 12.3 Å². The summed E-state index contributed by atoms with van der Waals surface area (Å²) in [6.45, 7) is 1.79. The summed E-state index contributed by atoms with van der Waals surface area (Å²) >= 11 is 0. The van der Waals surface area contributed by atoms with Crippen molar-refractivity contribution in [1.82, 2.24) is 9.88 Å². The lowest BCUT2D eigenvalue weighted by molar-refractivity contribution is 0.331.